The number of pyridine rings is 1. The lowest BCUT2D eigenvalue weighted by atomic mass is 9.99. The van der Waals surface area contributed by atoms with Gasteiger partial charge in [0.05, 0.1) is 17.3 Å². The van der Waals surface area contributed by atoms with Crippen molar-refractivity contribution in [2.75, 3.05) is 0 Å². The van der Waals surface area contributed by atoms with E-state index in [4.69, 9.17) is 5.26 Å². The van der Waals surface area contributed by atoms with Crippen molar-refractivity contribution in [1.29, 1.82) is 5.26 Å². The van der Waals surface area contributed by atoms with Crippen molar-refractivity contribution in [3.8, 4) is 28.5 Å². The van der Waals surface area contributed by atoms with Gasteiger partial charge >= 0.3 is 0 Å². The van der Waals surface area contributed by atoms with E-state index in [1.165, 1.54) is 0 Å². The van der Waals surface area contributed by atoms with Gasteiger partial charge in [0.15, 0.2) is 0 Å². The molecule has 0 fully saturated rings. The van der Waals surface area contributed by atoms with Crippen LogP contribution in [-0.4, -0.2) is 4.98 Å². The van der Waals surface area contributed by atoms with Gasteiger partial charge in [-0.05, 0) is 41.8 Å². The first kappa shape index (κ1) is 13.1. The molecule has 2 heteroatoms. The number of aromatic nitrogens is 1. The molecule has 1 aromatic heterocycles. The standard InChI is InChI=1S/C19H14N2/c1-14-13-21-19(17-5-3-2-4-6-17)11-18(14)16-9-7-15(12-20)8-10-16/h2-11,13H,1H3. The molecule has 2 nitrogen and oxygen atoms in total. The molecule has 0 N–H and O–H groups in total. The lowest BCUT2D eigenvalue weighted by Gasteiger charge is -2.09. The molecule has 0 atom stereocenters. The van der Waals surface area contributed by atoms with Gasteiger partial charge in [0.25, 0.3) is 0 Å². The molecule has 0 aliphatic rings. The molecular weight excluding hydrogens is 256 g/mol. The maximum absolute atomic E-state index is 8.89. The molecule has 0 saturated carbocycles. The Hall–Kier alpha value is -2.92. The number of hydrogen-bond donors (Lipinski definition) is 0. The van der Waals surface area contributed by atoms with Crippen LogP contribution in [0.5, 0.6) is 0 Å². The van der Waals surface area contributed by atoms with Crippen molar-refractivity contribution in [3.05, 3.63) is 78.0 Å². The summed E-state index contributed by atoms with van der Waals surface area (Å²) in [7, 11) is 0. The van der Waals surface area contributed by atoms with Crippen molar-refractivity contribution in [1.82, 2.24) is 4.98 Å². The highest BCUT2D eigenvalue weighted by Crippen LogP contribution is 2.27. The van der Waals surface area contributed by atoms with Gasteiger partial charge in [-0.1, -0.05) is 42.5 Å². The summed E-state index contributed by atoms with van der Waals surface area (Å²) < 4.78 is 0. The molecule has 0 spiro atoms. The van der Waals surface area contributed by atoms with Crippen molar-refractivity contribution >= 4 is 0 Å². The largest absolute Gasteiger partial charge is 0.256 e. The maximum Gasteiger partial charge on any atom is 0.0991 e. The van der Waals surface area contributed by atoms with Crippen LogP contribution < -0.4 is 0 Å². The van der Waals surface area contributed by atoms with Crippen LogP contribution in [0.25, 0.3) is 22.4 Å². The molecule has 0 unspecified atom stereocenters. The van der Waals surface area contributed by atoms with Gasteiger partial charge < -0.3 is 0 Å². The summed E-state index contributed by atoms with van der Waals surface area (Å²) in [6, 6.07) is 22.0. The Balaban J connectivity index is 2.08. The Morgan fingerprint density at radius 1 is 0.905 bits per heavy atom. The highest BCUT2D eigenvalue weighted by Gasteiger charge is 2.06. The van der Waals surface area contributed by atoms with E-state index in [1.54, 1.807) is 0 Å². The number of rotatable bonds is 2. The van der Waals surface area contributed by atoms with E-state index >= 15 is 0 Å². The van der Waals surface area contributed by atoms with E-state index in [9.17, 15) is 0 Å². The maximum atomic E-state index is 8.89. The zero-order valence-corrected chi connectivity index (χ0v) is 11.7. The summed E-state index contributed by atoms with van der Waals surface area (Å²) in [5.74, 6) is 0. The summed E-state index contributed by atoms with van der Waals surface area (Å²) in [5, 5.41) is 8.89. The molecule has 2 aromatic carbocycles. The summed E-state index contributed by atoms with van der Waals surface area (Å²) >= 11 is 0. The quantitative estimate of drug-likeness (QED) is 0.682. The molecule has 0 aliphatic carbocycles. The zero-order chi connectivity index (χ0) is 14.7. The van der Waals surface area contributed by atoms with Gasteiger partial charge in [0.1, 0.15) is 0 Å². The minimum atomic E-state index is 0.675. The molecule has 0 aliphatic heterocycles. The fraction of sp³-hybridized carbons (Fsp3) is 0.0526. The smallest absolute Gasteiger partial charge is 0.0991 e. The lowest BCUT2D eigenvalue weighted by Crippen LogP contribution is -1.89. The van der Waals surface area contributed by atoms with Crippen LogP contribution in [0.3, 0.4) is 0 Å². The van der Waals surface area contributed by atoms with E-state index in [-0.39, 0.29) is 0 Å². The number of benzene rings is 2. The Bertz CT molecular complexity index is 797. The van der Waals surface area contributed by atoms with E-state index in [1.807, 2.05) is 48.7 Å². The Morgan fingerprint density at radius 2 is 1.62 bits per heavy atom. The van der Waals surface area contributed by atoms with Crippen molar-refractivity contribution in [2.45, 2.75) is 6.92 Å². The van der Waals surface area contributed by atoms with Crippen molar-refractivity contribution in [2.24, 2.45) is 0 Å². The molecule has 0 bridgehead atoms. The molecule has 0 saturated heterocycles. The second kappa shape index (κ2) is 5.60. The van der Waals surface area contributed by atoms with Crippen LogP contribution in [0.1, 0.15) is 11.1 Å². The molecule has 21 heavy (non-hydrogen) atoms. The van der Waals surface area contributed by atoms with Gasteiger partial charge in [-0.25, -0.2) is 0 Å². The Morgan fingerprint density at radius 3 is 2.29 bits per heavy atom. The summed E-state index contributed by atoms with van der Waals surface area (Å²) in [6.45, 7) is 2.05. The third-order valence-electron chi connectivity index (χ3n) is 3.50. The van der Waals surface area contributed by atoms with Crippen LogP contribution >= 0.6 is 0 Å². The first-order valence-electron chi connectivity index (χ1n) is 6.80. The minimum absolute atomic E-state index is 0.675. The number of nitriles is 1. The van der Waals surface area contributed by atoms with Gasteiger partial charge in [-0.2, -0.15) is 5.26 Å². The first-order valence-corrected chi connectivity index (χ1v) is 6.80. The highest BCUT2D eigenvalue weighted by molar-refractivity contribution is 5.73. The van der Waals surface area contributed by atoms with E-state index in [0.717, 1.165) is 27.9 Å². The number of hydrogen-bond acceptors (Lipinski definition) is 2. The molecule has 1 heterocycles. The lowest BCUT2D eigenvalue weighted by molar-refractivity contribution is 1.27. The normalized spacial score (nSPS) is 10.1. The van der Waals surface area contributed by atoms with E-state index in [0.29, 0.717) is 5.56 Å². The fourth-order valence-corrected chi connectivity index (χ4v) is 2.33. The number of aryl methyl sites for hydroxylation is 1. The molecule has 0 radical (unpaired) electrons. The predicted molar refractivity (Wildman–Crippen MR) is 84.6 cm³/mol. The summed E-state index contributed by atoms with van der Waals surface area (Å²) in [4.78, 5) is 4.52. The van der Waals surface area contributed by atoms with Gasteiger partial charge in [0, 0.05) is 11.8 Å². The van der Waals surface area contributed by atoms with Crippen molar-refractivity contribution < 1.29 is 0 Å². The highest BCUT2D eigenvalue weighted by atomic mass is 14.7. The average molecular weight is 270 g/mol. The second-order valence-electron chi connectivity index (χ2n) is 4.94. The zero-order valence-electron chi connectivity index (χ0n) is 11.7. The van der Waals surface area contributed by atoms with Crippen molar-refractivity contribution in [3.63, 3.8) is 0 Å². The van der Waals surface area contributed by atoms with Crippen LogP contribution in [0.4, 0.5) is 0 Å². The predicted octanol–water partition coefficient (Wildman–Crippen LogP) is 4.60. The second-order valence-corrected chi connectivity index (χ2v) is 4.94. The Kier molecular flexibility index (Phi) is 3.49. The first-order chi connectivity index (χ1) is 10.3. The van der Waals surface area contributed by atoms with E-state index < -0.39 is 0 Å². The minimum Gasteiger partial charge on any atom is -0.256 e. The molecule has 3 aromatic rings. The van der Waals surface area contributed by atoms with Crippen LogP contribution in [0.2, 0.25) is 0 Å². The third kappa shape index (κ3) is 2.68. The third-order valence-corrected chi connectivity index (χ3v) is 3.50. The fourth-order valence-electron chi connectivity index (χ4n) is 2.33. The number of nitrogens with zero attached hydrogens (tertiary/aromatic N) is 2. The SMILES string of the molecule is Cc1cnc(-c2ccccc2)cc1-c1ccc(C#N)cc1. The van der Waals surface area contributed by atoms with Crippen LogP contribution in [-0.2, 0) is 0 Å². The van der Waals surface area contributed by atoms with Crippen LogP contribution in [0.15, 0.2) is 66.9 Å². The van der Waals surface area contributed by atoms with Gasteiger partial charge in [-0.15, -0.1) is 0 Å². The van der Waals surface area contributed by atoms with Crippen LogP contribution in [0, 0.1) is 18.3 Å². The summed E-state index contributed by atoms with van der Waals surface area (Å²) in [5.41, 5.74) is 6.11. The monoisotopic (exact) mass is 270 g/mol. The average Bonchev–Trinajstić information content (AvgIpc) is 2.56. The topological polar surface area (TPSA) is 36.7 Å². The molecule has 3 rings (SSSR count). The molecular formula is C19H14N2. The molecule has 0 amide bonds. The summed E-state index contributed by atoms with van der Waals surface area (Å²) in [6.07, 6.45) is 1.90. The Labute approximate surface area is 124 Å². The van der Waals surface area contributed by atoms with Gasteiger partial charge in [-0.3, -0.25) is 4.98 Å². The van der Waals surface area contributed by atoms with E-state index in [2.05, 4.69) is 36.2 Å². The molecule has 100 valence electrons. The van der Waals surface area contributed by atoms with Gasteiger partial charge in [0.2, 0.25) is 0 Å².